The van der Waals surface area contributed by atoms with Crippen LogP contribution in [-0.2, 0) is 0 Å². The van der Waals surface area contributed by atoms with E-state index in [4.69, 9.17) is 4.74 Å². The third-order valence-electron chi connectivity index (χ3n) is 2.55. The van der Waals surface area contributed by atoms with Crippen LogP contribution in [0.5, 0.6) is 5.88 Å². The van der Waals surface area contributed by atoms with Gasteiger partial charge in [0.15, 0.2) is 0 Å². The van der Waals surface area contributed by atoms with E-state index in [-0.39, 0.29) is 0 Å². The summed E-state index contributed by atoms with van der Waals surface area (Å²) in [6, 6.07) is 4.53. The van der Waals surface area contributed by atoms with Gasteiger partial charge in [0.1, 0.15) is 0 Å². The van der Waals surface area contributed by atoms with Crippen LogP contribution >= 0.6 is 11.8 Å². The lowest BCUT2D eigenvalue weighted by Crippen LogP contribution is -2.24. The Morgan fingerprint density at radius 1 is 1.47 bits per heavy atom. The first-order valence-corrected chi connectivity index (χ1v) is 6.39. The molecule has 1 aromatic rings. The molecule has 1 aliphatic heterocycles. The van der Waals surface area contributed by atoms with Crippen LogP contribution in [0.25, 0.3) is 0 Å². The molecule has 15 heavy (non-hydrogen) atoms. The Morgan fingerprint density at radius 3 is 3.00 bits per heavy atom. The number of hydrogen-bond acceptors (Lipinski definition) is 4. The number of nitrogens with one attached hydrogen (secondary N) is 1. The second-order valence-electron chi connectivity index (χ2n) is 3.59. The average molecular weight is 224 g/mol. The molecule has 1 aromatic heterocycles. The van der Waals surface area contributed by atoms with Gasteiger partial charge in [-0.05, 0) is 36.5 Å². The quantitative estimate of drug-likeness (QED) is 0.855. The van der Waals surface area contributed by atoms with Crippen molar-refractivity contribution < 1.29 is 4.74 Å². The predicted molar refractivity (Wildman–Crippen MR) is 64.8 cm³/mol. The average Bonchev–Trinajstić information content (AvgIpc) is 2.31. The number of hydrogen-bond donors (Lipinski definition) is 1. The predicted octanol–water partition coefficient (Wildman–Crippen LogP) is 2.40. The van der Waals surface area contributed by atoms with E-state index in [9.17, 15) is 0 Å². The van der Waals surface area contributed by atoms with Crippen molar-refractivity contribution in [1.29, 1.82) is 0 Å². The van der Waals surface area contributed by atoms with Crippen molar-refractivity contribution in [2.24, 2.45) is 0 Å². The van der Waals surface area contributed by atoms with Crippen LogP contribution in [-0.4, -0.2) is 29.6 Å². The maximum absolute atomic E-state index is 5.21. The van der Waals surface area contributed by atoms with E-state index in [2.05, 4.69) is 10.3 Å². The standard InChI is InChI=1S/C11H16N2OS/c1-14-11-10(3-2-6-12-11)13-9-4-7-15-8-5-9/h2-3,6,9,13H,4-5,7-8H2,1H3. The summed E-state index contributed by atoms with van der Waals surface area (Å²) in [5.74, 6) is 3.19. The van der Waals surface area contributed by atoms with E-state index in [0.29, 0.717) is 11.9 Å². The highest BCUT2D eigenvalue weighted by Crippen LogP contribution is 2.25. The molecule has 82 valence electrons. The second kappa shape index (κ2) is 5.26. The largest absolute Gasteiger partial charge is 0.480 e. The molecule has 0 unspecified atom stereocenters. The molecule has 4 heteroatoms. The number of rotatable bonds is 3. The minimum absolute atomic E-state index is 0.573. The van der Waals surface area contributed by atoms with Gasteiger partial charge in [-0.3, -0.25) is 0 Å². The van der Waals surface area contributed by atoms with Gasteiger partial charge >= 0.3 is 0 Å². The minimum atomic E-state index is 0.573. The fraction of sp³-hybridized carbons (Fsp3) is 0.545. The molecule has 0 saturated carbocycles. The van der Waals surface area contributed by atoms with Gasteiger partial charge in [0, 0.05) is 12.2 Å². The van der Waals surface area contributed by atoms with Crippen LogP contribution < -0.4 is 10.1 Å². The Balaban J connectivity index is 2.02. The van der Waals surface area contributed by atoms with Crippen molar-refractivity contribution in [3.63, 3.8) is 0 Å². The van der Waals surface area contributed by atoms with E-state index >= 15 is 0 Å². The van der Waals surface area contributed by atoms with Crippen LogP contribution in [0, 0.1) is 0 Å². The maximum Gasteiger partial charge on any atom is 0.237 e. The third kappa shape index (κ3) is 2.78. The molecule has 0 aliphatic carbocycles. The number of nitrogens with zero attached hydrogens (tertiary/aromatic N) is 1. The van der Waals surface area contributed by atoms with Gasteiger partial charge in [-0.1, -0.05) is 0 Å². The molecule has 1 fully saturated rings. The number of aromatic nitrogens is 1. The molecular formula is C11H16N2OS. The van der Waals surface area contributed by atoms with Crippen molar-refractivity contribution >= 4 is 17.4 Å². The number of ether oxygens (including phenoxy) is 1. The highest BCUT2D eigenvalue weighted by atomic mass is 32.2. The lowest BCUT2D eigenvalue weighted by Gasteiger charge is -2.24. The summed E-state index contributed by atoms with van der Waals surface area (Å²) in [5, 5.41) is 3.50. The number of anilines is 1. The Morgan fingerprint density at radius 2 is 2.27 bits per heavy atom. The van der Waals surface area contributed by atoms with Gasteiger partial charge in [0.05, 0.1) is 12.8 Å². The summed E-state index contributed by atoms with van der Waals surface area (Å²) in [5.41, 5.74) is 1.01. The summed E-state index contributed by atoms with van der Waals surface area (Å²) >= 11 is 2.03. The molecule has 2 rings (SSSR count). The Bertz CT molecular complexity index is 313. The lowest BCUT2D eigenvalue weighted by molar-refractivity contribution is 0.399. The van der Waals surface area contributed by atoms with Crippen molar-refractivity contribution in [1.82, 2.24) is 4.98 Å². The molecule has 0 atom stereocenters. The zero-order chi connectivity index (χ0) is 10.5. The highest BCUT2D eigenvalue weighted by molar-refractivity contribution is 7.99. The van der Waals surface area contributed by atoms with Gasteiger partial charge in [-0.2, -0.15) is 11.8 Å². The molecule has 1 aliphatic rings. The molecule has 0 spiro atoms. The normalized spacial score (nSPS) is 17.4. The van der Waals surface area contributed by atoms with Crippen molar-refractivity contribution in [3.05, 3.63) is 18.3 Å². The molecular weight excluding hydrogens is 208 g/mol. The SMILES string of the molecule is COc1ncccc1NC1CCSCC1. The number of thioether (sulfide) groups is 1. The van der Waals surface area contributed by atoms with E-state index in [1.807, 2.05) is 23.9 Å². The highest BCUT2D eigenvalue weighted by Gasteiger charge is 2.14. The summed E-state index contributed by atoms with van der Waals surface area (Å²) in [7, 11) is 1.66. The van der Waals surface area contributed by atoms with Gasteiger partial charge in [0.2, 0.25) is 5.88 Å². The van der Waals surface area contributed by atoms with Gasteiger partial charge in [-0.25, -0.2) is 4.98 Å². The van der Waals surface area contributed by atoms with Gasteiger partial charge < -0.3 is 10.1 Å². The van der Waals surface area contributed by atoms with E-state index in [0.717, 1.165) is 5.69 Å². The fourth-order valence-electron chi connectivity index (χ4n) is 1.73. The zero-order valence-electron chi connectivity index (χ0n) is 8.90. The molecule has 1 N–H and O–H groups in total. The van der Waals surface area contributed by atoms with Crippen LogP contribution in [0.4, 0.5) is 5.69 Å². The fourth-order valence-corrected chi connectivity index (χ4v) is 2.83. The monoisotopic (exact) mass is 224 g/mol. The molecule has 0 amide bonds. The summed E-state index contributed by atoms with van der Waals surface area (Å²) in [6.07, 6.45) is 4.20. The topological polar surface area (TPSA) is 34.1 Å². The van der Waals surface area contributed by atoms with E-state index < -0.39 is 0 Å². The van der Waals surface area contributed by atoms with E-state index in [1.165, 1.54) is 24.3 Å². The zero-order valence-corrected chi connectivity index (χ0v) is 9.72. The number of pyridine rings is 1. The first-order valence-electron chi connectivity index (χ1n) is 5.23. The first-order chi connectivity index (χ1) is 7.40. The Kier molecular flexibility index (Phi) is 3.72. The van der Waals surface area contributed by atoms with Crippen molar-refractivity contribution in [2.75, 3.05) is 23.9 Å². The van der Waals surface area contributed by atoms with Crippen molar-refractivity contribution in [3.8, 4) is 5.88 Å². The Hall–Kier alpha value is -0.900. The number of methoxy groups -OCH3 is 1. The molecule has 1 saturated heterocycles. The maximum atomic E-state index is 5.21. The second-order valence-corrected chi connectivity index (χ2v) is 4.82. The van der Waals surface area contributed by atoms with Crippen LogP contribution in [0.15, 0.2) is 18.3 Å². The molecule has 3 nitrogen and oxygen atoms in total. The van der Waals surface area contributed by atoms with Gasteiger partial charge in [0.25, 0.3) is 0 Å². The smallest absolute Gasteiger partial charge is 0.237 e. The first kappa shape index (κ1) is 10.6. The van der Waals surface area contributed by atoms with Gasteiger partial charge in [-0.15, -0.1) is 0 Å². The van der Waals surface area contributed by atoms with Crippen LogP contribution in [0.2, 0.25) is 0 Å². The summed E-state index contributed by atoms with van der Waals surface area (Å²) in [4.78, 5) is 4.17. The van der Waals surface area contributed by atoms with Crippen molar-refractivity contribution in [2.45, 2.75) is 18.9 Å². The lowest BCUT2D eigenvalue weighted by atomic mass is 10.1. The molecule has 0 bridgehead atoms. The summed E-state index contributed by atoms with van der Waals surface area (Å²) in [6.45, 7) is 0. The molecule has 0 aromatic carbocycles. The third-order valence-corrected chi connectivity index (χ3v) is 3.59. The van der Waals surface area contributed by atoms with E-state index in [1.54, 1.807) is 13.3 Å². The summed E-state index contributed by atoms with van der Waals surface area (Å²) < 4.78 is 5.21. The minimum Gasteiger partial charge on any atom is -0.480 e. The van der Waals surface area contributed by atoms with Crippen LogP contribution in [0.3, 0.4) is 0 Å². The molecule has 0 radical (unpaired) electrons. The Labute approximate surface area is 94.6 Å². The molecule has 2 heterocycles. The van der Waals surface area contributed by atoms with Crippen LogP contribution in [0.1, 0.15) is 12.8 Å².